The number of hydrogen-bond donors (Lipinski definition) is 1. The minimum atomic E-state index is 0.419. The van der Waals surface area contributed by atoms with Gasteiger partial charge >= 0.3 is 0 Å². The van der Waals surface area contributed by atoms with Gasteiger partial charge in [0.05, 0.1) is 24.3 Å². The van der Waals surface area contributed by atoms with E-state index in [4.69, 9.17) is 4.74 Å². The zero-order chi connectivity index (χ0) is 11.0. The van der Waals surface area contributed by atoms with E-state index in [1.807, 2.05) is 19.3 Å². The van der Waals surface area contributed by atoms with Crippen LogP contribution in [0.1, 0.15) is 5.69 Å². The number of nitrogens with one attached hydrogen (secondary N) is 1. The van der Waals surface area contributed by atoms with Gasteiger partial charge in [0.15, 0.2) is 0 Å². The lowest BCUT2D eigenvalue weighted by Gasteiger charge is -2.54. The Bertz CT molecular complexity index is 383. The first kappa shape index (κ1) is 9.99. The van der Waals surface area contributed by atoms with Crippen molar-refractivity contribution >= 4 is 5.95 Å². The summed E-state index contributed by atoms with van der Waals surface area (Å²) >= 11 is 0. The lowest BCUT2D eigenvalue weighted by Crippen LogP contribution is -2.66. The molecule has 0 unspecified atom stereocenters. The van der Waals surface area contributed by atoms with E-state index in [0.29, 0.717) is 5.41 Å². The molecule has 0 saturated carbocycles. The van der Waals surface area contributed by atoms with Gasteiger partial charge in [-0.25, -0.2) is 9.97 Å². The highest BCUT2D eigenvalue weighted by molar-refractivity contribution is 5.37. The topological polar surface area (TPSA) is 50.3 Å². The third kappa shape index (κ3) is 1.56. The lowest BCUT2D eigenvalue weighted by molar-refractivity contribution is -0.127. The Labute approximate surface area is 94.8 Å². The molecular formula is C11H16N4O. The van der Waals surface area contributed by atoms with Gasteiger partial charge in [-0.3, -0.25) is 0 Å². The second-order valence-electron chi connectivity index (χ2n) is 4.73. The molecule has 86 valence electrons. The fourth-order valence-electron chi connectivity index (χ4n) is 2.29. The molecule has 0 amide bonds. The molecule has 0 radical (unpaired) electrons. The predicted octanol–water partition coefficient (Wildman–Crippen LogP) is 0.0326. The number of rotatable bonds is 3. The summed E-state index contributed by atoms with van der Waals surface area (Å²) in [7, 11) is 1.92. The van der Waals surface area contributed by atoms with E-state index in [1.165, 1.54) is 0 Å². The van der Waals surface area contributed by atoms with Crippen molar-refractivity contribution in [2.75, 3.05) is 38.3 Å². The maximum Gasteiger partial charge on any atom is 0.225 e. The van der Waals surface area contributed by atoms with Gasteiger partial charge in [-0.1, -0.05) is 0 Å². The van der Waals surface area contributed by atoms with E-state index in [9.17, 15) is 0 Å². The van der Waals surface area contributed by atoms with Crippen LogP contribution in [0.15, 0.2) is 12.3 Å². The van der Waals surface area contributed by atoms with Crippen molar-refractivity contribution in [1.29, 1.82) is 0 Å². The first-order chi connectivity index (χ1) is 7.81. The summed E-state index contributed by atoms with van der Waals surface area (Å²) in [4.78, 5) is 11.1. The summed E-state index contributed by atoms with van der Waals surface area (Å²) in [5.74, 6) is 0.852. The van der Waals surface area contributed by atoms with Crippen LogP contribution in [0.2, 0.25) is 0 Å². The molecule has 5 heteroatoms. The molecule has 5 nitrogen and oxygen atoms in total. The summed E-state index contributed by atoms with van der Waals surface area (Å²) < 4.78 is 5.25. The smallest absolute Gasteiger partial charge is 0.225 e. The maximum absolute atomic E-state index is 5.25. The number of hydrogen-bond acceptors (Lipinski definition) is 5. The molecule has 1 aromatic rings. The van der Waals surface area contributed by atoms with Crippen LogP contribution in [-0.4, -0.2) is 43.3 Å². The number of ether oxygens (including phenoxy) is 1. The zero-order valence-corrected chi connectivity index (χ0v) is 9.44. The van der Waals surface area contributed by atoms with Crippen LogP contribution in [-0.2, 0) is 11.3 Å². The molecule has 2 aliphatic rings. The molecule has 2 aliphatic heterocycles. The van der Waals surface area contributed by atoms with Crippen molar-refractivity contribution in [2.45, 2.75) is 6.54 Å². The molecule has 2 saturated heterocycles. The van der Waals surface area contributed by atoms with Crippen LogP contribution < -0.4 is 10.2 Å². The minimum absolute atomic E-state index is 0.419. The Balaban J connectivity index is 1.68. The van der Waals surface area contributed by atoms with Gasteiger partial charge in [0.2, 0.25) is 5.95 Å². The predicted molar refractivity (Wildman–Crippen MR) is 60.3 cm³/mol. The van der Waals surface area contributed by atoms with Crippen LogP contribution in [0.25, 0.3) is 0 Å². The molecule has 0 bridgehead atoms. The van der Waals surface area contributed by atoms with Gasteiger partial charge in [0, 0.05) is 25.8 Å². The summed E-state index contributed by atoms with van der Waals surface area (Å²) in [6.45, 7) is 4.67. The van der Waals surface area contributed by atoms with Gasteiger partial charge in [-0.15, -0.1) is 0 Å². The zero-order valence-electron chi connectivity index (χ0n) is 9.44. The lowest BCUT2D eigenvalue weighted by atomic mass is 9.78. The van der Waals surface area contributed by atoms with Gasteiger partial charge in [-0.2, -0.15) is 0 Å². The monoisotopic (exact) mass is 220 g/mol. The van der Waals surface area contributed by atoms with Crippen molar-refractivity contribution in [2.24, 2.45) is 5.41 Å². The Kier molecular flexibility index (Phi) is 2.29. The molecule has 1 aromatic heterocycles. The van der Waals surface area contributed by atoms with Crippen LogP contribution >= 0.6 is 0 Å². The number of nitrogens with zero attached hydrogens (tertiary/aromatic N) is 3. The van der Waals surface area contributed by atoms with E-state index in [1.54, 1.807) is 0 Å². The van der Waals surface area contributed by atoms with Gasteiger partial charge in [0.25, 0.3) is 0 Å². The second-order valence-corrected chi connectivity index (χ2v) is 4.73. The average molecular weight is 220 g/mol. The van der Waals surface area contributed by atoms with Crippen LogP contribution in [0.3, 0.4) is 0 Å². The van der Waals surface area contributed by atoms with Crippen molar-refractivity contribution in [3.05, 3.63) is 18.0 Å². The minimum Gasteiger partial charge on any atom is -0.380 e. The summed E-state index contributed by atoms with van der Waals surface area (Å²) in [6.07, 6.45) is 1.83. The van der Waals surface area contributed by atoms with Gasteiger partial charge < -0.3 is 15.0 Å². The van der Waals surface area contributed by atoms with Crippen molar-refractivity contribution < 1.29 is 4.74 Å². The van der Waals surface area contributed by atoms with Crippen LogP contribution in [0, 0.1) is 5.41 Å². The fraction of sp³-hybridized carbons (Fsp3) is 0.636. The van der Waals surface area contributed by atoms with E-state index >= 15 is 0 Å². The highest BCUT2D eigenvalue weighted by Gasteiger charge is 2.49. The molecular weight excluding hydrogens is 204 g/mol. The molecule has 0 aromatic carbocycles. The number of anilines is 1. The summed E-state index contributed by atoms with van der Waals surface area (Å²) in [6, 6.07) is 1.95. The van der Waals surface area contributed by atoms with Crippen LogP contribution in [0.5, 0.6) is 0 Å². The molecule has 2 fully saturated rings. The fourth-order valence-corrected chi connectivity index (χ4v) is 2.29. The third-order valence-electron chi connectivity index (χ3n) is 3.21. The highest BCUT2D eigenvalue weighted by Crippen LogP contribution is 2.38. The average Bonchev–Trinajstić information content (AvgIpc) is 2.14. The molecule has 0 aliphatic carbocycles. The second kappa shape index (κ2) is 3.68. The molecule has 1 spiro atoms. The van der Waals surface area contributed by atoms with E-state index in [2.05, 4.69) is 20.2 Å². The quantitative estimate of drug-likeness (QED) is 0.779. The first-order valence-electron chi connectivity index (χ1n) is 5.61. The Morgan fingerprint density at radius 1 is 1.50 bits per heavy atom. The van der Waals surface area contributed by atoms with Crippen molar-refractivity contribution in [3.63, 3.8) is 0 Å². The first-order valence-corrected chi connectivity index (χ1v) is 5.61. The van der Waals surface area contributed by atoms with E-state index in [0.717, 1.165) is 44.5 Å². The Morgan fingerprint density at radius 2 is 2.31 bits per heavy atom. The maximum atomic E-state index is 5.25. The van der Waals surface area contributed by atoms with E-state index in [-0.39, 0.29) is 0 Å². The number of aromatic nitrogens is 2. The van der Waals surface area contributed by atoms with E-state index < -0.39 is 0 Å². The third-order valence-corrected chi connectivity index (χ3v) is 3.21. The standard InChI is InChI=1S/C11H16N4O/c1-12-4-9-2-3-13-10(14-9)15-5-11(6-15)7-16-8-11/h2-3,12H,4-8H2,1H3. The van der Waals surface area contributed by atoms with Crippen molar-refractivity contribution in [1.82, 2.24) is 15.3 Å². The van der Waals surface area contributed by atoms with Gasteiger partial charge in [-0.05, 0) is 13.1 Å². The molecule has 1 N–H and O–H groups in total. The SMILES string of the molecule is CNCc1ccnc(N2CC3(COC3)C2)n1. The summed E-state index contributed by atoms with van der Waals surface area (Å²) in [5.41, 5.74) is 1.46. The molecule has 0 atom stereocenters. The Hall–Kier alpha value is -1.20. The van der Waals surface area contributed by atoms with Crippen molar-refractivity contribution in [3.8, 4) is 0 Å². The van der Waals surface area contributed by atoms with Gasteiger partial charge in [0.1, 0.15) is 0 Å². The largest absolute Gasteiger partial charge is 0.380 e. The molecule has 3 rings (SSSR count). The molecule has 3 heterocycles. The normalized spacial score (nSPS) is 21.7. The highest BCUT2D eigenvalue weighted by atomic mass is 16.5. The Morgan fingerprint density at radius 3 is 2.94 bits per heavy atom. The summed E-state index contributed by atoms with van der Waals surface area (Å²) in [5, 5.41) is 3.10. The van der Waals surface area contributed by atoms with Crippen LogP contribution in [0.4, 0.5) is 5.95 Å². The molecule has 16 heavy (non-hydrogen) atoms.